The van der Waals surface area contributed by atoms with Gasteiger partial charge in [0.05, 0.1) is 6.61 Å². The summed E-state index contributed by atoms with van der Waals surface area (Å²) in [5.74, 6) is -0.0377. The number of aromatic nitrogens is 2. The van der Waals surface area contributed by atoms with E-state index in [1.807, 2.05) is 59.6 Å². The Labute approximate surface area is 192 Å². The van der Waals surface area contributed by atoms with Crippen LogP contribution in [-0.2, 0) is 22.6 Å². The predicted molar refractivity (Wildman–Crippen MR) is 122 cm³/mol. The van der Waals surface area contributed by atoms with Crippen molar-refractivity contribution in [3.8, 4) is 0 Å². The number of ether oxygens (including phenoxy) is 1. The smallest absolute Gasteiger partial charge is 0.257 e. The van der Waals surface area contributed by atoms with E-state index in [1.54, 1.807) is 18.6 Å². The summed E-state index contributed by atoms with van der Waals surface area (Å²) in [6.45, 7) is 3.66. The Bertz CT molecular complexity index is 1060. The molecule has 32 heavy (non-hydrogen) atoms. The Morgan fingerprint density at radius 1 is 1.00 bits per heavy atom. The molecular formula is C25H25ClN4O2. The number of likely N-dealkylation sites (tertiary alicyclic amines) is 1. The summed E-state index contributed by atoms with van der Waals surface area (Å²) in [6, 6.07) is 15.7. The van der Waals surface area contributed by atoms with Crippen molar-refractivity contribution in [1.82, 2.24) is 19.8 Å². The van der Waals surface area contributed by atoms with Gasteiger partial charge in [0.2, 0.25) is 0 Å². The zero-order chi connectivity index (χ0) is 22.0. The minimum Gasteiger partial charge on any atom is -0.361 e. The standard InChI is InChI=1S/C25H25ClN4O2/c26-22-5-3-19(4-6-22)15-29-17-23(21-2-1-9-28-14-21)25(18-29)24(31)30(12-13-32-25)16-20-7-10-27-11-8-20/h1-11,14,23H,12-13,15-18H2/t23-,25-/m0/s1. The van der Waals surface area contributed by atoms with E-state index in [9.17, 15) is 4.79 Å². The van der Waals surface area contributed by atoms with Crippen LogP contribution >= 0.6 is 11.6 Å². The van der Waals surface area contributed by atoms with Crippen LogP contribution in [0.15, 0.2) is 73.3 Å². The maximum atomic E-state index is 13.9. The second-order valence-corrected chi connectivity index (χ2v) is 8.89. The van der Waals surface area contributed by atoms with Gasteiger partial charge in [-0.05, 0) is 47.0 Å². The van der Waals surface area contributed by atoms with Crippen LogP contribution in [0.4, 0.5) is 0 Å². The number of amides is 1. The molecule has 2 aliphatic heterocycles. The maximum Gasteiger partial charge on any atom is 0.257 e. The first-order valence-electron chi connectivity index (χ1n) is 10.8. The lowest BCUT2D eigenvalue weighted by Crippen LogP contribution is -2.59. The molecular weight excluding hydrogens is 424 g/mol. The molecule has 1 aromatic carbocycles. The molecule has 7 heteroatoms. The van der Waals surface area contributed by atoms with Crippen LogP contribution in [0, 0.1) is 0 Å². The fraction of sp³-hybridized carbons (Fsp3) is 0.320. The Balaban J connectivity index is 1.44. The van der Waals surface area contributed by atoms with Crippen LogP contribution in [0.25, 0.3) is 0 Å². The van der Waals surface area contributed by atoms with E-state index in [2.05, 4.69) is 14.9 Å². The third-order valence-electron chi connectivity index (χ3n) is 6.36. The number of carbonyl (C=O) groups excluding carboxylic acids is 1. The molecule has 0 aliphatic carbocycles. The predicted octanol–water partition coefficient (Wildman–Crippen LogP) is 3.53. The summed E-state index contributed by atoms with van der Waals surface area (Å²) in [5.41, 5.74) is 2.35. The molecule has 0 bridgehead atoms. The van der Waals surface area contributed by atoms with E-state index in [4.69, 9.17) is 16.3 Å². The number of benzene rings is 1. The number of halogens is 1. The number of hydrogen-bond donors (Lipinski definition) is 0. The van der Waals surface area contributed by atoms with Gasteiger partial charge in [0.25, 0.3) is 5.91 Å². The van der Waals surface area contributed by atoms with Crippen molar-refractivity contribution in [1.29, 1.82) is 0 Å². The minimum absolute atomic E-state index is 0.0491. The van der Waals surface area contributed by atoms with Gasteiger partial charge in [0.1, 0.15) is 0 Å². The highest BCUT2D eigenvalue weighted by molar-refractivity contribution is 6.30. The summed E-state index contributed by atoms with van der Waals surface area (Å²) in [7, 11) is 0. The Kier molecular flexibility index (Phi) is 5.91. The van der Waals surface area contributed by atoms with Gasteiger partial charge in [0.15, 0.2) is 5.60 Å². The highest BCUT2D eigenvalue weighted by Gasteiger charge is 2.56. The van der Waals surface area contributed by atoms with Gasteiger partial charge in [-0.1, -0.05) is 29.8 Å². The summed E-state index contributed by atoms with van der Waals surface area (Å²) < 4.78 is 6.37. The van der Waals surface area contributed by atoms with Gasteiger partial charge in [-0.2, -0.15) is 0 Å². The zero-order valence-corrected chi connectivity index (χ0v) is 18.5. The number of nitrogens with zero attached hydrogens (tertiary/aromatic N) is 4. The molecule has 0 N–H and O–H groups in total. The van der Waals surface area contributed by atoms with E-state index >= 15 is 0 Å². The fourth-order valence-electron chi connectivity index (χ4n) is 4.83. The lowest BCUT2D eigenvalue weighted by molar-refractivity contribution is -0.173. The quantitative estimate of drug-likeness (QED) is 0.597. The van der Waals surface area contributed by atoms with E-state index in [-0.39, 0.29) is 11.8 Å². The van der Waals surface area contributed by atoms with Gasteiger partial charge in [-0.25, -0.2) is 0 Å². The molecule has 0 unspecified atom stereocenters. The number of morpholine rings is 1. The van der Waals surface area contributed by atoms with Gasteiger partial charge >= 0.3 is 0 Å². The van der Waals surface area contributed by atoms with Crippen LogP contribution in [0.5, 0.6) is 0 Å². The van der Waals surface area contributed by atoms with Crippen LogP contribution < -0.4 is 0 Å². The monoisotopic (exact) mass is 448 g/mol. The largest absolute Gasteiger partial charge is 0.361 e. The van der Waals surface area contributed by atoms with Crippen molar-refractivity contribution in [2.75, 3.05) is 26.2 Å². The maximum absolute atomic E-state index is 13.9. The van der Waals surface area contributed by atoms with Crippen LogP contribution in [0.3, 0.4) is 0 Å². The molecule has 164 valence electrons. The molecule has 2 aliphatic rings. The molecule has 0 radical (unpaired) electrons. The Hall–Kier alpha value is -2.80. The van der Waals surface area contributed by atoms with Crippen molar-refractivity contribution in [2.45, 2.75) is 24.6 Å². The molecule has 0 saturated carbocycles. The highest BCUT2D eigenvalue weighted by atomic mass is 35.5. The SMILES string of the molecule is O=C1N(Cc2ccncc2)CCO[C@]12CN(Cc1ccc(Cl)cc1)C[C@H]2c1cccnc1. The molecule has 1 spiro atoms. The molecule has 5 rings (SSSR count). The highest BCUT2D eigenvalue weighted by Crippen LogP contribution is 2.42. The number of hydrogen-bond acceptors (Lipinski definition) is 5. The Morgan fingerprint density at radius 3 is 2.53 bits per heavy atom. The normalized spacial score (nSPS) is 23.7. The molecule has 1 amide bonds. The second kappa shape index (κ2) is 8.98. The molecule has 4 heterocycles. The summed E-state index contributed by atoms with van der Waals surface area (Å²) >= 11 is 6.06. The third kappa shape index (κ3) is 4.13. The summed E-state index contributed by atoms with van der Waals surface area (Å²) in [5, 5.41) is 0.720. The van der Waals surface area contributed by atoms with Crippen molar-refractivity contribution in [3.63, 3.8) is 0 Å². The lowest BCUT2D eigenvalue weighted by Gasteiger charge is -2.42. The molecule has 3 aromatic rings. The second-order valence-electron chi connectivity index (χ2n) is 8.46. The van der Waals surface area contributed by atoms with Gasteiger partial charge in [-0.3, -0.25) is 19.7 Å². The van der Waals surface area contributed by atoms with Crippen LogP contribution in [0.1, 0.15) is 22.6 Å². The van der Waals surface area contributed by atoms with E-state index < -0.39 is 5.60 Å². The topological polar surface area (TPSA) is 58.6 Å². The van der Waals surface area contributed by atoms with Gasteiger partial charge in [-0.15, -0.1) is 0 Å². The Morgan fingerprint density at radius 2 is 1.78 bits per heavy atom. The number of pyridine rings is 2. The molecule has 2 saturated heterocycles. The number of carbonyl (C=O) groups is 1. The average Bonchev–Trinajstić information content (AvgIpc) is 3.18. The molecule has 2 fully saturated rings. The average molecular weight is 449 g/mol. The van der Waals surface area contributed by atoms with Crippen LogP contribution in [-0.4, -0.2) is 57.5 Å². The van der Waals surface area contributed by atoms with Crippen molar-refractivity contribution >= 4 is 17.5 Å². The van der Waals surface area contributed by atoms with E-state index in [0.717, 1.165) is 34.8 Å². The first kappa shape index (κ1) is 21.1. The summed E-state index contributed by atoms with van der Waals surface area (Å²) in [4.78, 5) is 26.5. The molecule has 2 aromatic heterocycles. The van der Waals surface area contributed by atoms with Crippen molar-refractivity contribution in [3.05, 3.63) is 95.0 Å². The van der Waals surface area contributed by atoms with E-state index in [1.165, 1.54) is 0 Å². The minimum atomic E-state index is -0.916. The van der Waals surface area contributed by atoms with Crippen LogP contribution in [0.2, 0.25) is 5.02 Å². The van der Waals surface area contributed by atoms with Crippen molar-refractivity contribution < 1.29 is 9.53 Å². The van der Waals surface area contributed by atoms with E-state index in [0.29, 0.717) is 26.2 Å². The first-order valence-corrected chi connectivity index (χ1v) is 11.2. The molecule has 2 atom stereocenters. The third-order valence-corrected chi connectivity index (χ3v) is 6.61. The zero-order valence-electron chi connectivity index (χ0n) is 17.7. The summed E-state index contributed by atoms with van der Waals surface area (Å²) in [6.07, 6.45) is 7.14. The molecule has 6 nitrogen and oxygen atoms in total. The number of rotatable bonds is 5. The fourth-order valence-corrected chi connectivity index (χ4v) is 4.96. The van der Waals surface area contributed by atoms with Crippen molar-refractivity contribution in [2.24, 2.45) is 0 Å². The van der Waals surface area contributed by atoms with Gasteiger partial charge < -0.3 is 9.64 Å². The van der Waals surface area contributed by atoms with Gasteiger partial charge in [0, 0.05) is 68.5 Å². The lowest BCUT2D eigenvalue weighted by atomic mass is 9.83. The first-order chi connectivity index (χ1) is 15.6.